The summed E-state index contributed by atoms with van der Waals surface area (Å²) in [6.45, 7) is 0.502. The van der Waals surface area contributed by atoms with Gasteiger partial charge in [-0.1, -0.05) is 12.1 Å². The van der Waals surface area contributed by atoms with Crippen molar-refractivity contribution in [2.75, 3.05) is 6.54 Å². The SMILES string of the molecule is O=C(/C=C/c1ccc([N+](=O)[O-])cc1)NCC1(c2ccc(F)cc2)CC1. The molecule has 128 valence electrons. The van der Waals surface area contributed by atoms with Crippen LogP contribution in [0, 0.1) is 15.9 Å². The maximum Gasteiger partial charge on any atom is 0.269 e. The molecule has 0 aromatic heterocycles. The van der Waals surface area contributed by atoms with Crippen molar-refractivity contribution in [3.63, 3.8) is 0 Å². The fourth-order valence-electron chi connectivity index (χ4n) is 2.72. The average molecular weight is 340 g/mol. The molecule has 0 radical (unpaired) electrons. The summed E-state index contributed by atoms with van der Waals surface area (Å²) in [5, 5.41) is 13.5. The van der Waals surface area contributed by atoms with Crippen molar-refractivity contribution >= 4 is 17.7 Å². The molecule has 1 aliphatic carbocycles. The molecule has 25 heavy (non-hydrogen) atoms. The van der Waals surface area contributed by atoms with Crippen molar-refractivity contribution in [1.29, 1.82) is 0 Å². The van der Waals surface area contributed by atoms with Gasteiger partial charge < -0.3 is 5.32 Å². The van der Waals surface area contributed by atoms with Gasteiger partial charge in [-0.3, -0.25) is 14.9 Å². The van der Waals surface area contributed by atoms with E-state index in [1.165, 1.54) is 30.3 Å². The normalized spacial score (nSPS) is 15.1. The highest BCUT2D eigenvalue weighted by Gasteiger charge is 2.44. The summed E-state index contributed by atoms with van der Waals surface area (Å²) in [5.74, 6) is -0.499. The third kappa shape index (κ3) is 4.09. The molecule has 2 aromatic rings. The highest BCUT2D eigenvalue weighted by Crippen LogP contribution is 2.47. The zero-order chi connectivity index (χ0) is 17.9. The fourth-order valence-corrected chi connectivity index (χ4v) is 2.72. The van der Waals surface area contributed by atoms with Crippen molar-refractivity contribution in [3.05, 3.63) is 81.7 Å². The molecule has 1 N–H and O–H groups in total. The fraction of sp³-hybridized carbons (Fsp3) is 0.211. The molecule has 0 atom stereocenters. The molecule has 3 rings (SSSR count). The molecule has 1 amide bonds. The number of nitro benzene ring substituents is 1. The lowest BCUT2D eigenvalue weighted by atomic mass is 9.96. The molecular weight excluding hydrogens is 323 g/mol. The van der Waals surface area contributed by atoms with Crippen molar-refractivity contribution in [1.82, 2.24) is 5.32 Å². The summed E-state index contributed by atoms with van der Waals surface area (Å²) in [5.41, 5.74) is 1.66. The van der Waals surface area contributed by atoms with Crippen LogP contribution in [0.3, 0.4) is 0 Å². The first-order chi connectivity index (χ1) is 12.0. The average Bonchev–Trinajstić information content (AvgIpc) is 3.40. The van der Waals surface area contributed by atoms with Crippen molar-refractivity contribution in [2.45, 2.75) is 18.3 Å². The van der Waals surface area contributed by atoms with Crippen LogP contribution in [0.25, 0.3) is 6.08 Å². The smallest absolute Gasteiger partial charge is 0.269 e. The Kier molecular flexibility index (Phi) is 4.61. The number of hydrogen-bond acceptors (Lipinski definition) is 3. The Morgan fingerprint density at radius 3 is 2.36 bits per heavy atom. The zero-order valence-electron chi connectivity index (χ0n) is 13.4. The molecule has 0 spiro atoms. The van der Waals surface area contributed by atoms with E-state index in [9.17, 15) is 19.3 Å². The predicted molar refractivity (Wildman–Crippen MR) is 92.5 cm³/mol. The Hall–Kier alpha value is -3.02. The van der Waals surface area contributed by atoms with Gasteiger partial charge in [0.25, 0.3) is 5.69 Å². The summed E-state index contributed by atoms with van der Waals surface area (Å²) < 4.78 is 13.0. The number of nitro groups is 1. The van der Waals surface area contributed by atoms with Gasteiger partial charge in [0.2, 0.25) is 5.91 Å². The largest absolute Gasteiger partial charge is 0.352 e. The highest BCUT2D eigenvalue weighted by molar-refractivity contribution is 5.91. The van der Waals surface area contributed by atoms with Crippen LogP contribution in [0.15, 0.2) is 54.6 Å². The Morgan fingerprint density at radius 2 is 1.80 bits per heavy atom. The van der Waals surface area contributed by atoms with Crippen LogP contribution in [0.4, 0.5) is 10.1 Å². The van der Waals surface area contributed by atoms with Crippen molar-refractivity contribution in [3.8, 4) is 0 Å². The van der Waals surface area contributed by atoms with Gasteiger partial charge in [0.15, 0.2) is 0 Å². The van der Waals surface area contributed by atoms with E-state index in [1.54, 1.807) is 30.3 Å². The lowest BCUT2D eigenvalue weighted by Crippen LogP contribution is -2.31. The molecule has 0 saturated heterocycles. The highest BCUT2D eigenvalue weighted by atomic mass is 19.1. The van der Waals surface area contributed by atoms with Gasteiger partial charge in [-0.25, -0.2) is 4.39 Å². The van der Waals surface area contributed by atoms with Gasteiger partial charge >= 0.3 is 0 Å². The predicted octanol–water partition coefficient (Wildman–Crippen LogP) is 3.60. The lowest BCUT2D eigenvalue weighted by molar-refractivity contribution is -0.384. The second kappa shape index (κ2) is 6.84. The van der Waals surface area contributed by atoms with E-state index < -0.39 is 4.92 Å². The van der Waals surface area contributed by atoms with E-state index in [-0.39, 0.29) is 22.8 Å². The van der Waals surface area contributed by atoms with E-state index in [1.807, 2.05) is 0 Å². The molecule has 0 unspecified atom stereocenters. The molecular formula is C19H17FN2O3. The standard InChI is InChI=1S/C19H17FN2O3/c20-16-6-4-15(5-7-16)19(11-12-19)13-21-18(23)10-3-14-1-8-17(9-2-14)22(24)25/h1-10H,11-13H2,(H,21,23)/b10-3+. The summed E-state index contributed by atoms with van der Waals surface area (Å²) >= 11 is 0. The minimum Gasteiger partial charge on any atom is -0.352 e. The van der Waals surface area contributed by atoms with Crippen molar-refractivity contribution in [2.24, 2.45) is 0 Å². The van der Waals surface area contributed by atoms with E-state index in [0.717, 1.165) is 18.4 Å². The number of non-ortho nitro benzene ring substituents is 1. The minimum absolute atomic E-state index is 0.0107. The monoisotopic (exact) mass is 340 g/mol. The molecule has 6 heteroatoms. The number of rotatable bonds is 6. The number of nitrogens with one attached hydrogen (secondary N) is 1. The Bertz CT molecular complexity index is 810. The topological polar surface area (TPSA) is 72.2 Å². The Labute approximate surface area is 144 Å². The third-order valence-electron chi connectivity index (χ3n) is 4.44. The van der Waals surface area contributed by atoms with Crippen LogP contribution in [0.2, 0.25) is 0 Å². The van der Waals surface area contributed by atoms with Gasteiger partial charge in [0.1, 0.15) is 5.82 Å². The van der Waals surface area contributed by atoms with E-state index in [0.29, 0.717) is 12.1 Å². The van der Waals surface area contributed by atoms with Crippen molar-refractivity contribution < 1.29 is 14.1 Å². The van der Waals surface area contributed by atoms with E-state index >= 15 is 0 Å². The molecule has 1 saturated carbocycles. The first-order valence-electron chi connectivity index (χ1n) is 7.95. The van der Waals surface area contributed by atoms with E-state index in [4.69, 9.17) is 0 Å². The summed E-state index contributed by atoms with van der Waals surface area (Å²) in [6, 6.07) is 12.4. The number of carbonyl (C=O) groups is 1. The first kappa shape index (κ1) is 16.8. The molecule has 1 aliphatic rings. The molecule has 1 fully saturated rings. The minimum atomic E-state index is -0.468. The quantitative estimate of drug-likeness (QED) is 0.496. The van der Waals surface area contributed by atoms with Gasteiger partial charge in [-0.2, -0.15) is 0 Å². The third-order valence-corrected chi connectivity index (χ3v) is 4.44. The zero-order valence-corrected chi connectivity index (χ0v) is 13.4. The first-order valence-corrected chi connectivity index (χ1v) is 7.95. The maximum atomic E-state index is 13.0. The number of carbonyl (C=O) groups excluding carboxylic acids is 1. The number of hydrogen-bond donors (Lipinski definition) is 1. The second-order valence-electron chi connectivity index (χ2n) is 6.19. The Balaban J connectivity index is 1.56. The molecule has 0 aliphatic heterocycles. The van der Waals surface area contributed by atoms with Gasteiger partial charge in [0, 0.05) is 30.2 Å². The van der Waals surface area contributed by atoms with Crippen LogP contribution in [-0.2, 0) is 10.2 Å². The lowest BCUT2D eigenvalue weighted by Gasteiger charge is -2.15. The Morgan fingerprint density at radius 1 is 1.16 bits per heavy atom. The maximum absolute atomic E-state index is 13.0. The van der Waals surface area contributed by atoms with Crippen LogP contribution in [0.5, 0.6) is 0 Å². The van der Waals surface area contributed by atoms with Crippen LogP contribution in [-0.4, -0.2) is 17.4 Å². The number of nitrogens with zero attached hydrogens (tertiary/aromatic N) is 1. The molecule has 5 nitrogen and oxygen atoms in total. The van der Waals surface area contributed by atoms with Crippen LogP contribution < -0.4 is 5.32 Å². The molecule has 2 aromatic carbocycles. The number of amides is 1. The van der Waals surface area contributed by atoms with Crippen LogP contribution in [0.1, 0.15) is 24.0 Å². The number of halogens is 1. The summed E-state index contributed by atoms with van der Waals surface area (Å²) in [6.07, 6.45) is 4.94. The molecule has 0 bridgehead atoms. The van der Waals surface area contributed by atoms with Gasteiger partial charge in [0.05, 0.1) is 4.92 Å². The van der Waals surface area contributed by atoms with Crippen LogP contribution >= 0.6 is 0 Å². The van der Waals surface area contributed by atoms with Gasteiger partial charge in [-0.15, -0.1) is 0 Å². The number of benzene rings is 2. The van der Waals surface area contributed by atoms with E-state index in [2.05, 4.69) is 5.32 Å². The summed E-state index contributed by atoms with van der Waals surface area (Å²) in [7, 11) is 0. The van der Waals surface area contributed by atoms with Gasteiger partial charge in [-0.05, 0) is 54.3 Å². The second-order valence-corrected chi connectivity index (χ2v) is 6.19. The molecule has 0 heterocycles. The summed E-state index contributed by atoms with van der Waals surface area (Å²) in [4.78, 5) is 22.1.